The van der Waals surface area contributed by atoms with Crippen LogP contribution in [0, 0.1) is 26.6 Å². The van der Waals surface area contributed by atoms with Gasteiger partial charge in [0.2, 0.25) is 0 Å². The van der Waals surface area contributed by atoms with Crippen LogP contribution in [0.15, 0.2) is 66.0 Å². The molecule has 5 nitrogen and oxygen atoms in total. The van der Waals surface area contributed by atoms with Gasteiger partial charge in [0.25, 0.3) is 5.56 Å². The smallest absolute Gasteiger partial charge is 0.254 e. The largest absolute Gasteiger partial charge is 0.394 e. The summed E-state index contributed by atoms with van der Waals surface area (Å²) in [5.74, 6) is 0.00618. The molecule has 0 saturated heterocycles. The predicted molar refractivity (Wildman–Crippen MR) is 135 cm³/mol. The fourth-order valence-corrected chi connectivity index (χ4v) is 4.81. The molecule has 1 atom stereocenters. The highest BCUT2D eigenvalue weighted by atomic mass is 19.1. The van der Waals surface area contributed by atoms with Crippen LogP contribution in [0.3, 0.4) is 0 Å². The Labute approximate surface area is 204 Å². The van der Waals surface area contributed by atoms with Crippen molar-refractivity contribution in [3.8, 4) is 5.69 Å². The summed E-state index contributed by atoms with van der Waals surface area (Å²) in [7, 11) is 0. The molecule has 0 spiro atoms. The highest BCUT2D eigenvalue weighted by Gasteiger charge is 2.27. The number of nitrogens with zero attached hydrogens (tertiary/aromatic N) is 3. The number of hydrogen-bond donors (Lipinski definition) is 1. The summed E-state index contributed by atoms with van der Waals surface area (Å²) < 4.78 is 18.3. The molecule has 4 aromatic rings. The van der Waals surface area contributed by atoms with Gasteiger partial charge >= 0.3 is 0 Å². The maximum Gasteiger partial charge on any atom is 0.254 e. The highest BCUT2D eigenvalue weighted by Crippen LogP contribution is 2.40. The van der Waals surface area contributed by atoms with Crippen molar-refractivity contribution >= 4 is 0 Å². The van der Waals surface area contributed by atoms with Crippen LogP contribution in [0.25, 0.3) is 5.69 Å². The average Bonchev–Trinajstić information content (AvgIpc) is 3.58. The van der Waals surface area contributed by atoms with E-state index in [1.54, 1.807) is 12.4 Å². The quantitative estimate of drug-likeness (QED) is 0.406. The number of aromatic nitrogens is 3. The first-order valence-corrected chi connectivity index (χ1v) is 12.1. The number of aliphatic hydroxyl groups is 1. The second-order valence-corrected chi connectivity index (χ2v) is 9.73. The van der Waals surface area contributed by atoms with Gasteiger partial charge in [-0.05, 0) is 80.0 Å². The van der Waals surface area contributed by atoms with E-state index in [0.29, 0.717) is 23.5 Å². The molecule has 1 aliphatic rings. The number of rotatable bonds is 7. The Kier molecular flexibility index (Phi) is 6.15. The highest BCUT2D eigenvalue weighted by molar-refractivity contribution is 5.44. The summed E-state index contributed by atoms with van der Waals surface area (Å²) in [5.41, 5.74) is 6.79. The average molecular weight is 472 g/mol. The lowest BCUT2D eigenvalue weighted by Crippen LogP contribution is -2.31. The van der Waals surface area contributed by atoms with Crippen LogP contribution in [0.4, 0.5) is 4.39 Å². The Morgan fingerprint density at radius 1 is 1.09 bits per heavy atom. The van der Waals surface area contributed by atoms with Gasteiger partial charge in [-0.25, -0.2) is 9.37 Å². The molecular weight excluding hydrogens is 441 g/mol. The summed E-state index contributed by atoms with van der Waals surface area (Å²) in [6.45, 7) is 5.47. The number of pyridine rings is 1. The zero-order valence-electron chi connectivity index (χ0n) is 20.3. The van der Waals surface area contributed by atoms with Crippen molar-refractivity contribution in [1.29, 1.82) is 0 Å². The van der Waals surface area contributed by atoms with Gasteiger partial charge < -0.3 is 14.2 Å². The lowest BCUT2D eigenvalue weighted by atomic mass is 9.99. The summed E-state index contributed by atoms with van der Waals surface area (Å²) in [5, 5.41) is 10.2. The third kappa shape index (κ3) is 4.71. The van der Waals surface area contributed by atoms with Gasteiger partial charge in [0.1, 0.15) is 5.82 Å². The van der Waals surface area contributed by atoms with E-state index in [2.05, 4.69) is 18.0 Å². The predicted octanol–water partition coefficient (Wildman–Crippen LogP) is 5.15. The van der Waals surface area contributed by atoms with E-state index in [0.717, 1.165) is 46.5 Å². The van der Waals surface area contributed by atoms with Crippen molar-refractivity contribution in [3.05, 3.63) is 116 Å². The van der Waals surface area contributed by atoms with Crippen molar-refractivity contribution in [1.82, 2.24) is 14.1 Å². The van der Waals surface area contributed by atoms with Gasteiger partial charge in [-0.1, -0.05) is 24.3 Å². The Morgan fingerprint density at radius 3 is 2.51 bits per heavy atom. The number of halogens is 1. The molecule has 180 valence electrons. The third-order valence-electron chi connectivity index (χ3n) is 6.86. The number of aryl methyl sites for hydroxylation is 3. The van der Waals surface area contributed by atoms with Gasteiger partial charge in [-0.3, -0.25) is 4.79 Å². The van der Waals surface area contributed by atoms with Gasteiger partial charge in [0.15, 0.2) is 0 Å². The number of imidazole rings is 1. The fraction of sp³-hybridized carbons (Fsp3) is 0.310. The molecule has 1 N–H and O–H groups in total. The molecule has 35 heavy (non-hydrogen) atoms. The second-order valence-electron chi connectivity index (χ2n) is 9.73. The second kappa shape index (κ2) is 9.27. The third-order valence-corrected chi connectivity index (χ3v) is 6.86. The van der Waals surface area contributed by atoms with Crippen LogP contribution in [0.2, 0.25) is 0 Å². The van der Waals surface area contributed by atoms with Crippen LogP contribution in [0.5, 0.6) is 0 Å². The maximum atomic E-state index is 14.8. The van der Waals surface area contributed by atoms with Crippen molar-refractivity contribution in [2.24, 2.45) is 0 Å². The molecule has 1 fully saturated rings. The molecule has 2 aromatic carbocycles. The molecule has 5 rings (SSSR count). The molecule has 2 aromatic heterocycles. The lowest BCUT2D eigenvalue weighted by molar-refractivity contribution is 0.243. The van der Waals surface area contributed by atoms with Gasteiger partial charge in [-0.2, -0.15) is 0 Å². The van der Waals surface area contributed by atoms with Crippen LogP contribution < -0.4 is 5.56 Å². The monoisotopic (exact) mass is 471 g/mol. The molecule has 0 unspecified atom stereocenters. The van der Waals surface area contributed by atoms with Crippen LogP contribution in [0.1, 0.15) is 63.9 Å². The molecule has 1 saturated carbocycles. The van der Waals surface area contributed by atoms with E-state index in [9.17, 15) is 14.3 Å². The molecule has 2 heterocycles. The van der Waals surface area contributed by atoms with E-state index in [-0.39, 0.29) is 12.2 Å². The summed E-state index contributed by atoms with van der Waals surface area (Å²) in [4.78, 5) is 17.9. The Balaban J connectivity index is 1.53. The maximum absolute atomic E-state index is 14.8. The Bertz CT molecular complexity index is 1450. The SMILES string of the molecule is Cc1ccc([C@H](CO)n2cc(C3CC3)cc(Cc3ccc(-n4cnc(C)c4)c(C)c3)c2=O)c(F)c1. The van der Waals surface area contributed by atoms with E-state index >= 15 is 0 Å². The minimum absolute atomic E-state index is 0.194. The zero-order valence-corrected chi connectivity index (χ0v) is 20.3. The Morgan fingerprint density at radius 2 is 1.89 bits per heavy atom. The standard InChI is InChI=1S/C29H30FN3O2/c1-18-4-8-25(26(30)10-18)28(16-34)33-15-24(22-6-7-22)13-23(29(33)35)12-21-5-9-27(19(2)11-21)32-14-20(3)31-17-32/h4-5,8-11,13-15,17,22,28,34H,6-7,12,16H2,1-3H3/t28-/m0/s1. The lowest BCUT2D eigenvalue weighted by Gasteiger charge is -2.21. The van der Waals surface area contributed by atoms with E-state index < -0.39 is 11.9 Å². The zero-order chi connectivity index (χ0) is 24.7. The van der Waals surface area contributed by atoms with Crippen LogP contribution in [-0.2, 0) is 6.42 Å². The van der Waals surface area contributed by atoms with Crippen LogP contribution >= 0.6 is 0 Å². The van der Waals surface area contributed by atoms with Crippen LogP contribution in [-0.4, -0.2) is 25.8 Å². The topological polar surface area (TPSA) is 60.1 Å². The molecule has 6 heteroatoms. The van der Waals surface area contributed by atoms with E-state index in [1.165, 1.54) is 10.6 Å². The van der Waals surface area contributed by atoms with E-state index in [1.807, 2.05) is 55.1 Å². The summed E-state index contributed by atoms with van der Waals surface area (Å²) in [6.07, 6.45) is 8.24. The minimum atomic E-state index is -0.769. The molecule has 0 bridgehead atoms. The van der Waals surface area contributed by atoms with Gasteiger partial charge in [0, 0.05) is 35.6 Å². The van der Waals surface area contributed by atoms with Crippen molar-refractivity contribution in [2.45, 2.75) is 52.0 Å². The van der Waals surface area contributed by atoms with Crippen molar-refractivity contribution in [3.63, 3.8) is 0 Å². The van der Waals surface area contributed by atoms with Crippen molar-refractivity contribution < 1.29 is 9.50 Å². The first kappa shape index (κ1) is 23.2. The van der Waals surface area contributed by atoms with Crippen molar-refractivity contribution in [2.75, 3.05) is 6.61 Å². The van der Waals surface area contributed by atoms with Gasteiger partial charge in [0.05, 0.1) is 24.7 Å². The van der Waals surface area contributed by atoms with Gasteiger partial charge in [-0.15, -0.1) is 0 Å². The first-order valence-electron chi connectivity index (χ1n) is 12.1. The molecule has 0 amide bonds. The summed E-state index contributed by atoms with van der Waals surface area (Å²) >= 11 is 0. The normalized spacial score (nSPS) is 14.3. The Hall–Kier alpha value is -3.51. The molecule has 0 aliphatic heterocycles. The fourth-order valence-electron chi connectivity index (χ4n) is 4.81. The van der Waals surface area contributed by atoms with E-state index in [4.69, 9.17) is 0 Å². The summed E-state index contributed by atoms with van der Waals surface area (Å²) in [6, 6.07) is 12.3. The number of benzene rings is 2. The number of aliphatic hydroxyl groups excluding tert-OH is 1. The minimum Gasteiger partial charge on any atom is -0.394 e. The molecule has 1 aliphatic carbocycles. The number of hydrogen-bond acceptors (Lipinski definition) is 3. The first-order chi connectivity index (χ1) is 16.8. The molecular formula is C29H30FN3O2. The molecule has 0 radical (unpaired) electrons.